The summed E-state index contributed by atoms with van der Waals surface area (Å²) in [6, 6.07) is 0.301. The maximum atomic E-state index is 13.0. The van der Waals surface area contributed by atoms with Crippen LogP contribution in [0.3, 0.4) is 0 Å². The van der Waals surface area contributed by atoms with Crippen molar-refractivity contribution in [2.75, 3.05) is 19.6 Å². The fourth-order valence-electron chi connectivity index (χ4n) is 4.47. The zero-order chi connectivity index (χ0) is 18.3. The van der Waals surface area contributed by atoms with Gasteiger partial charge in [0, 0.05) is 44.2 Å². The Morgan fingerprint density at radius 3 is 2.77 bits per heavy atom. The van der Waals surface area contributed by atoms with Gasteiger partial charge in [0.2, 0.25) is 5.91 Å². The summed E-state index contributed by atoms with van der Waals surface area (Å²) in [6.07, 6.45) is 7.41. The van der Waals surface area contributed by atoms with Crippen molar-refractivity contribution in [2.24, 2.45) is 5.92 Å². The van der Waals surface area contributed by atoms with Crippen LogP contribution in [0.4, 0.5) is 0 Å². The molecule has 6 nitrogen and oxygen atoms in total. The number of fused-ring (bicyclic) bond motifs is 1. The number of aromatic nitrogens is 2. The minimum absolute atomic E-state index is 0.0437. The lowest BCUT2D eigenvalue weighted by Crippen LogP contribution is -2.57. The Balaban J connectivity index is 1.46. The summed E-state index contributed by atoms with van der Waals surface area (Å²) in [6.45, 7) is 6.31. The van der Waals surface area contributed by atoms with Crippen molar-refractivity contribution in [3.8, 4) is 0 Å². The number of likely N-dealkylation sites (tertiary alicyclic amines) is 2. The van der Waals surface area contributed by atoms with Gasteiger partial charge in [-0.15, -0.1) is 0 Å². The monoisotopic (exact) mass is 356 g/mol. The first kappa shape index (κ1) is 17.4. The van der Waals surface area contributed by atoms with Crippen LogP contribution >= 0.6 is 0 Å². The maximum Gasteiger partial charge on any atom is 0.257 e. The average molecular weight is 356 g/mol. The van der Waals surface area contributed by atoms with E-state index in [0.717, 1.165) is 56.7 Å². The van der Waals surface area contributed by atoms with Crippen LogP contribution in [-0.4, -0.2) is 57.3 Å². The summed E-state index contributed by atoms with van der Waals surface area (Å²) in [7, 11) is 0. The second kappa shape index (κ2) is 6.97. The van der Waals surface area contributed by atoms with Gasteiger partial charge in [0.1, 0.15) is 5.82 Å². The van der Waals surface area contributed by atoms with E-state index < -0.39 is 0 Å². The Labute approximate surface area is 155 Å². The van der Waals surface area contributed by atoms with Crippen molar-refractivity contribution in [3.05, 3.63) is 23.3 Å². The van der Waals surface area contributed by atoms with E-state index in [1.165, 1.54) is 0 Å². The van der Waals surface area contributed by atoms with Crippen molar-refractivity contribution in [1.82, 2.24) is 19.8 Å². The largest absolute Gasteiger partial charge is 0.339 e. The predicted octanol–water partition coefficient (Wildman–Crippen LogP) is 2.53. The Morgan fingerprint density at radius 2 is 2.08 bits per heavy atom. The van der Waals surface area contributed by atoms with Crippen molar-refractivity contribution in [1.29, 1.82) is 0 Å². The van der Waals surface area contributed by atoms with Gasteiger partial charge in [-0.3, -0.25) is 9.59 Å². The van der Waals surface area contributed by atoms with Gasteiger partial charge < -0.3 is 9.80 Å². The van der Waals surface area contributed by atoms with E-state index in [-0.39, 0.29) is 11.8 Å². The third-order valence-corrected chi connectivity index (χ3v) is 6.07. The van der Waals surface area contributed by atoms with Crippen LogP contribution in [-0.2, 0) is 4.79 Å². The van der Waals surface area contributed by atoms with Gasteiger partial charge in [0.05, 0.1) is 11.3 Å². The van der Waals surface area contributed by atoms with Gasteiger partial charge in [-0.1, -0.05) is 6.92 Å². The van der Waals surface area contributed by atoms with Crippen molar-refractivity contribution in [3.63, 3.8) is 0 Å². The molecule has 2 aliphatic heterocycles. The molecule has 26 heavy (non-hydrogen) atoms. The smallest absolute Gasteiger partial charge is 0.257 e. The molecular weight excluding hydrogens is 328 g/mol. The van der Waals surface area contributed by atoms with Crippen LogP contribution in [0.15, 0.2) is 6.20 Å². The van der Waals surface area contributed by atoms with E-state index in [1.807, 2.05) is 11.8 Å². The topological polar surface area (TPSA) is 66.4 Å². The number of rotatable bonds is 4. The first-order valence-electron chi connectivity index (χ1n) is 10.0. The van der Waals surface area contributed by atoms with E-state index >= 15 is 0 Å². The second-order valence-electron chi connectivity index (χ2n) is 7.99. The number of hydrogen-bond acceptors (Lipinski definition) is 4. The first-order chi connectivity index (χ1) is 12.6. The summed E-state index contributed by atoms with van der Waals surface area (Å²) in [5.41, 5.74) is 1.42. The number of nitrogens with zero attached hydrogens (tertiary/aromatic N) is 4. The third kappa shape index (κ3) is 3.21. The lowest BCUT2D eigenvalue weighted by atomic mass is 9.83. The molecule has 0 radical (unpaired) electrons. The molecule has 2 atom stereocenters. The number of piperidine rings is 2. The molecule has 2 saturated heterocycles. The van der Waals surface area contributed by atoms with Gasteiger partial charge in [0.15, 0.2) is 0 Å². The molecule has 140 valence electrons. The van der Waals surface area contributed by atoms with Crippen molar-refractivity contribution in [2.45, 2.75) is 64.3 Å². The number of hydrogen-bond donors (Lipinski definition) is 0. The van der Waals surface area contributed by atoms with Crippen molar-refractivity contribution >= 4 is 11.8 Å². The van der Waals surface area contributed by atoms with Crippen LogP contribution in [0, 0.1) is 12.8 Å². The van der Waals surface area contributed by atoms with E-state index in [4.69, 9.17) is 0 Å². The molecule has 1 aliphatic carbocycles. The van der Waals surface area contributed by atoms with E-state index in [9.17, 15) is 9.59 Å². The van der Waals surface area contributed by atoms with Crippen LogP contribution in [0.2, 0.25) is 0 Å². The molecule has 0 spiro atoms. The molecule has 0 aromatic carbocycles. The van der Waals surface area contributed by atoms with E-state index in [2.05, 4.69) is 21.8 Å². The highest BCUT2D eigenvalue weighted by molar-refractivity contribution is 5.95. The predicted molar refractivity (Wildman–Crippen MR) is 97.8 cm³/mol. The molecule has 3 aliphatic rings. The summed E-state index contributed by atoms with van der Waals surface area (Å²) >= 11 is 0. The second-order valence-corrected chi connectivity index (χ2v) is 7.99. The number of amides is 2. The minimum Gasteiger partial charge on any atom is -0.339 e. The van der Waals surface area contributed by atoms with Crippen molar-refractivity contribution < 1.29 is 9.59 Å². The standard InChI is InChI=1S/C20H28N4O2/c1-3-9-24-17-8-10-23(12-15(17)6-7-18(24)25)20(26)16-11-21-19(14-4-5-14)22-13(16)2/h11,14-15,17H,3-10,12H2,1-2H3. The average Bonchev–Trinajstić information content (AvgIpc) is 3.48. The molecule has 0 bridgehead atoms. The quantitative estimate of drug-likeness (QED) is 0.831. The van der Waals surface area contributed by atoms with Gasteiger partial charge >= 0.3 is 0 Å². The summed E-state index contributed by atoms with van der Waals surface area (Å²) < 4.78 is 0. The first-order valence-corrected chi connectivity index (χ1v) is 10.0. The van der Waals surface area contributed by atoms with Crippen LogP contribution in [0.1, 0.15) is 73.2 Å². The highest BCUT2D eigenvalue weighted by atomic mass is 16.2. The number of carbonyl (C=O) groups excluding carboxylic acids is 2. The number of carbonyl (C=O) groups is 2. The normalized spacial score (nSPS) is 26.0. The summed E-state index contributed by atoms with van der Waals surface area (Å²) in [5.74, 6) is 2.11. The molecular formula is C20H28N4O2. The van der Waals surface area contributed by atoms with Crippen LogP contribution in [0.25, 0.3) is 0 Å². The minimum atomic E-state index is 0.0437. The molecule has 1 saturated carbocycles. The Kier molecular flexibility index (Phi) is 4.67. The SMILES string of the molecule is CCCN1C(=O)CCC2CN(C(=O)c3cnc(C4CC4)nc3C)CCC21. The Bertz CT molecular complexity index is 716. The zero-order valence-electron chi connectivity index (χ0n) is 15.8. The Morgan fingerprint density at radius 1 is 1.27 bits per heavy atom. The van der Waals surface area contributed by atoms with Crippen LogP contribution in [0.5, 0.6) is 0 Å². The molecule has 2 amide bonds. The highest BCUT2D eigenvalue weighted by Gasteiger charge is 2.40. The Hall–Kier alpha value is -1.98. The van der Waals surface area contributed by atoms with E-state index in [0.29, 0.717) is 36.4 Å². The maximum absolute atomic E-state index is 13.0. The molecule has 4 rings (SSSR count). The third-order valence-electron chi connectivity index (χ3n) is 6.07. The lowest BCUT2D eigenvalue weighted by molar-refractivity contribution is -0.140. The summed E-state index contributed by atoms with van der Waals surface area (Å²) in [5, 5.41) is 0. The molecule has 1 aromatic rings. The number of aryl methyl sites for hydroxylation is 1. The fourth-order valence-corrected chi connectivity index (χ4v) is 4.47. The molecule has 6 heteroatoms. The molecule has 3 fully saturated rings. The molecule has 3 heterocycles. The fraction of sp³-hybridized carbons (Fsp3) is 0.700. The lowest BCUT2D eigenvalue weighted by Gasteiger charge is -2.47. The van der Waals surface area contributed by atoms with Crippen LogP contribution < -0.4 is 0 Å². The molecule has 1 aromatic heterocycles. The van der Waals surface area contributed by atoms with Gasteiger partial charge in [-0.2, -0.15) is 0 Å². The van der Waals surface area contributed by atoms with E-state index in [1.54, 1.807) is 6.20 Å². The van der Waals surface area contributed by atoms with Gasteiger partial charge in [-0.25, -0.2) is 9.97 Å². The highest BCUT2D eigenvalue weighted by Crippen LogP contribution is 2.38. The van der Waals surface area contributed by atoms with Gasteiger partial charge in [0.25, 0.3) is 5.91 Å². The van der Waals surface area contributed by atoms with Gasteiger partial charge in [-0.05, 0) is 44.9 Å². The molecule has 0 N–H and O–H groups in total. The molecule has 2 unspecified atom stereocenters. The zero-order valence-corrected chi connectivity index (χ0v) is 15.8. The summed E-state index contributed by atoms with van der Waals surface area (Å²) in [4.78, 5) is 38.3.